The van der Waals surface area contributed by atoms with Crippen LogP contribution in [0.3, 0.4) is 0 Å². The van der Waals surface area contributed by atoms with Crippen molar-refractivity contribution in [3.8, 4) is 5.75 Å². The molecule has 0 bridgehead atoms. The zero-order valence-corrected chi connectivity index (χ0v) is 14.4. The first-order valence-electron chi connectivity index (χ1n) is 7.38. The van der Waals surface area contributed by atoms with Crippen molar-refractivity contribution in [2.75, 3.05) is 13.2 Å². The van der Waals surface area contributed by atoms with Gasteiger partial charge in [0.25, 0.3) is 0 Å². The van der Waals surface area contributed by atoms with Crippen LogP contribution in [0.5, 0.6) is 5.75 Å². The Morgan fingerprint density at radius 3 is 2.52 bits per heavy atom. The minimum absolute atomic E-state index is 0.118. The molecule has 0 aliphatic rings. The smallest absolute Gasteiger partial charge is 0.124 e. The van der Waals surface area contributed by atoms with E-state index in [1.54, 1.807) is 0 Å². The van der Waals surface area contributed by atoms with Crippen molar-refractivity contribution in [3.05, 3.63) is 63.6 Å². The fourth-order valence-corrected chi connectivity index (χ4v) is 2.99. The first-order chi connectivity index (χ1) is 10.2. The van der Waals surface area contributed by atoms with Gasteiger partial charge in [0.2, 0.25) is 0 Å². The Labute approximate surface area is 135 Å². The van der Waals surface area contributed by atoms with Crippen LogP contribution in [-0.4, -0.2) is 13.2 Å². The lowest BCUT2D eigenvalue weighted by molar-refractivity contribution is 0.333. The molecule has 0 heterocycles. The van der Waals surface area contributed by atoms with E-state index >= 15 is 0 Å². The number of rotatable bonds is 6. The lowest BCUT2D eigenvalue weighted by Gasteiger charge is -2.23. The molecule has 0 radical (unpaired) electrons. The molecule has 2 aromatic carbocycles. The molecule has 2 nitrogen and oxygen atoms in total. The highest BCUT2D eigenvalue weighted by atomic mass is 79.9. The number of hydrogen-bond acceptors (Lipinski definition) is 2. The molecule has 0 saturated heterocycles. The molecule has 0 aromatic heterocycles. The van der Waals surface area contributed by atoms with E-state index in [9.17, 15) is 0 Å². The van der Waals surface area contributed by atoms with Crippen molar-refractivity contribution in [1.82, 2.24) is 5.32 Å². The number of benzene rings is 2. The van der Waals surface area contributed by atoms with E-state index in [4.69, 9.17) is 4.74 Å². The highest BCUT2D eigenvalue weighted by Gasteiger charge is 2.19. The van der Waals surface area contributed by atoms with Crippen molar-refractivity contribution >= 4 is 15.9 Å². The average molecular weight is 348 g/mol. The molecule has 1 unspecified atom stereocenters. The lowest BCUT2D eigenvalue weighted by Crippen LogP contribution is -2.23. The Balaban J connectivity index is 2.52. The third-order valence-electron chi connectivity index (χ3n) is 3.40. The molecule has 0 fully saturated rings. The van der Waals surface area contributed by atoms with Crippen LogP contribution in [0.25, 0.3) is 0 Å². The van der Waals surface area contributed by atoms with Gasteiger partial charge in [0.1, 0.15) is 5.75 Å². The topological polar surface area (TPSA) is 21.3 Å². The maximum Gasteiger partial charge on any atom is 0.124 e. The lowest BCUT2D eigenvalue weighted by atomic mass is 9.96. The van der Waals surface area contributed by atoms with Gasteiger partial charge in [-0.25, -0.2) is 0 Å². The van der Waals surface area contributed by atoms with E-state index in [0.717, 1.165) is 16.8 Å². The van der Waals surface area contributed by atoms with E-state index in [1.807, 2.05) is 13.0 Å². The molecule has 1 atom stereocenters. The quantitative estimate of drug-likeness (QED) is 0.805. The molecule has 0 aliphatic carbocycles. The van der Waals surface area contributed by atoms with E-state index < -0.39 is 0 Å². The van der Waals surface area contributed by atoms with Gasteiger partial charge < -0.3 is 10.1 Å². The molecule has 2 aromatic rings. The van der Waals surface area contributed by atoms with Crippen LogP contribution in [0.1, 0.15) is 36.6 Å². The maximum absolute atomic E-state index is 5.83. The second kappa shape index (κ2) is 7.62. The van der Waals surface area contributed by atoms with Gasteiger partial charge in [0, 0.05) is 10.0 Å². The van der Waals surface area contributed by atoms with E-state index in [0.29, 0.717) is 6.61 Å². The second-order valence-corrected chi connectivity index (χ2v) is 5.84. The molecule has 0 saturated carbocycles. The number of hydrogen-bond donors (Lipinski definition) is 1. The van der Waals surface area contributed by atoms with E-state index in [1.165, 1.54) is 16.7 Å². The fraction of sp³-hybridized carbons (Fsp3) is 0.333. The molecule has 2 rings (SSSR count). The predicted molar refractivity (Wildman–Crippen MR) is 92.0 cm³/mol. The van der Waals surface area contributed by atoms with Crippen molar-refractivity contribution < 1.29 is 4.74 Å². The molecular formula is C18H22BrNO. The van der Waals surface area contributed by atoms with Crippen molar-refractivity contribution in [2.45, 2.75) is 26.8 Å². The van der Waals surface area contributed by atoms with Gasteiger partial charge in [-0.1, -0.05) is 58.7 Å². The minimum atomic E-state index is 0.118. The van der Waals surface area contributed by atoms with Gasteiger partial charge >= 0.3 is 0 Å². The molecule has 3 heteroatoms. The number of halogens is 1. The minimum Gasteiger partial charge on any atom is -0.494 e. The van der Waals surface area contributed by atoms with Gasteiger partial charge in [-0.15, -0.1) is 0 Å². The maximum atomic E-state index is 5.83. The van der Waals surface area contributed by atoms with Gasteiger partial charge in [-0.3, -0.25) is 0 Å². The number of aryl methyl sites for hydroxylation is 1. The number of nitrogens with one attached hydrogen (secondary N) is 1. The predicted octanol–water partition coefficient (Wildman–Crippen LogP) is 4.86. The molecule has 0 spiro atoms. The monoisotopic (exact) mass is 347 g/mol. The first kappa shape index (κ1) is 16.1. The number of ether oxygens (including phenoxy) is 1. The Bertz CT molecular complexity index is 598. The zero-order chi connectivity index (χ0) is 15.2. The van der Waals surface area contributed by atoms with Gasteiger partial charge in [-0.2, -0.15) is 0 Å². The van der Waals surface area contributed by atoms with Crippen molar-refractivity contribution in [2.24, 2.45) is 0 Å². The summed E-state index contributed by atoms with van der Waals surface area (Å²) in [6, 6.07) is 14.8. The van der Waals surface area contributed by atoms with Gasteiger partial charge in [0.05, 0.1) is 12.6 Å². The molecule has 112 valence electrons. The average Bonchev–Trinajstić information content (AvgIpc) is 2.48. The van der Waals surface area contributed by atoms with Gasteiger partial charge in [0.15, 0.2) is 0 Å². The molecule has 21 heavy (non-hydrogen) atoms. The van der Waals surface area contributed by atoms with Crippen molar-refractivity contribution in [3.63, 3.8) is 0 Å². The van der Waals surface area contributed by atoms with Crippen LogP contribution in [0, 0.1) is 6.92 Å². The first-order valence-corrected chi connectivity index (χ1v) is 8.17. The highest BCUT2D eigenvalue weighted by molar-refractivity contribution is 9.10. The SMILES string of the molecule is CCNC(c1ccccc1Br)c1cc(C)ccc1OCC. The summed E-state index contributed by atoms with van der Waals surface area (Å²) in [6.45, 7) is 7.82. The van der Waals surface area contributed by atoms with Crippen LogP contribution in [0.2, 0.25) is 0 Å². The van der Waals surface area contributed by atoms with Crippen molar-refractivity contribution in [1.29, 1.82) is 0 Å². The largest absolute Gasteiger partial charge is 0.494 e. The molecule has 0 amide bonds. The normalized spacial score (nSPS) is 12.2. The third kappa shape index (κ3) is 3.86. The van der Waals surface area contributed by atoms with Crippen LogP contribution >= 0.6 is 15.9 Å². The Kier molecular flexibility index (Phi) is 5.83. The summed E-state index contributed by atoms with van der Waals surface area (Å²) in [6.07, 6.45) is 0. The summed E-state index contributed by atoms with van der Waals surface area (Å²) < 4.78 is 6.94. The Morgan fingerprint density at radius 1 is 1.10 bits per heavy atom. The second-order valence-electron chi connectivity index (χ2n) is 4.99. The van der Waals surface area contributed by atoms with E-state index in [2.05, 4.69) is 71.5 Å². The van der Waals surface area contributed by atoms with Crippen LogP contribution in [0.15, 0.2) is 46.9 Å². The summed E-state index contributed by atoms with van der Waals surface area (Å²) in [5.74, 6) is 0.949. The van der Waals surface area contributed by atoms with E-state index in [-0.39, 0.29) is 6.04 Å². The molecular weight excluding hydrogens is 326 g/mol. The molecule has 0 aliphatic heterocycles. The summed E-state index contributed by atoms with van der Waals surface area (Å²) in [7, 11) is 0. The van der Waals surface area contributed by atoms with Crippen LogP contribution in [0.4, 0.5) is 0 Å². The summed E-state index contributed by atoms with van der Waals surface area (Å²) in [5.41, 5.74) is 3.65. The summed E-state index contributed by atoms with van der Waals surface area (Å²) in [4.78, 5) is 0. The van der Waals surface area contributed by atoms with Crippen LogP contribution in [-0.2, 0) is 0 Å². The summed E-state index contributed by atoms with van der Waals surface area (Å²) in [5, 5.41) is 3.57. The molecule has 1 N–H and O–H groups in total. The Hall–Kier alpha value is -1.32. The zero-order valence-electron chi connectivity index (χ0n) is 12.8. The standard InChI is InChI=1S/C18H22BrNO/c1-4-20-18(14-8-6-7-9-16(14)19)15-12-13(3)10-11-17(15)21-5-2/h6-12,18,20H,4-5H2,1-3H3. The summed E-state index contributed by atoms with van der Waals surface area (Å²) >= 11 is 3.67. The fourth-order valence-electron chi connectivity index (χ4n) is 2.48. The Morgan fingerprint density at radius 2 is 1.86 bits per heavy atom. The van der Waals surface area contributed by atoms with Gasteiger partial charge in [-0.05, 0) is 38.1 Å². The van der Waals surface area contributed by atoms with Crippen LogP contribution < -0.4 is 10.1 Å². The third-order valence-corrected chi connectivity index (χ3v) is 4.12. The highest BCUT2D eigenvalue weighted by Crippen LogP contribution is 2.34.